The van der Waals surface area contributed by atoms with Crippen molar-refractivity contribution >= 4 is 23.4 Å². The number of benzene rings is 2. The molecule has 0 spiro atoms. The van der Waals surface area contributed by atoms with Crippen molar-refractivity contribution in [1.29, 1.82) is 0 Å². The molecule has 0 bridgehead atoms. The molecule has 2 N–H and O–H groups in total. The normalized spacial score (nSPS) is 10.7. The fourth-order valence-corrected chi connectivity index (χ4v) is 2.81. The molecule has 0 amide bonds. The Balaban J connectivity index is 2.25. The predicted octanol–water partition coefficient (Wildman–Crippen LogP) is 4.27. The third kappa shape index (κ3) is 3.69. The van der Waals surface area contributed by atoms with E-state index in [2.05, 4.69) is 0 Å². The highest BCUT2D eigenvalue weighted by atomic mass is 35.5. The van der Waals surface area contributed by atoms with Crippen LogP contribution in [-0.4, -0.2) is 6.54 Å². The first-order valence-corrected chi connectivity index (χ1v) is 6.91. The van der Waals surface area contributed by atoms with E-state index in [1.54, 1.807) is 12.1 Å². The first-order valence-electron chi connectivity index (χ1n) is 5.71. The van der Waals surface area contributed by atoms with Crippen LogP contribution in [0.5, 0.6) is 0 Å². The summed E-state index contributed by atoms with van der Waals surface area (Å²) in [7, 11) is 0. The molecule has 100 valence electrons. The fourth-order valence-electron chi connectivity index (χ4n) is 1.62. The van der Waals surface area contributed by atoms with Crippen LogP contribution in [0.3, 0.4) is 0 Å². The molecule has 19 heavy (non-hydrogen) atoms. The third-order valence-corrected chi connectivity index (χ3v) is 4.08. The Morgan fingerprint density at radius 3 is 2.53 bits per heavy atom. The van der Waals surface area contributed by atoms with E-state index in [9.17, 15) is 8.78 Å². The van der Waals surface area contributed by atoms with Crippen LogP contribution in [0.2, 0.25) is 5.02 Å². The molecule has 0 fully saturated rings. The lowest BCUT2D eigenvalue weighted by Crippen LogP contribution is -2.02. The number of hydrogen-bond acceptors (Lipinski definition) is 2. The summed E-state index contributed by atoms with van der Waals surface area (Å²) in [6.45, 7) is 0.543. The molecule has 0 radical (unpaired) electrons. The molecule has 0 atom stereocenters. The van der Waals surface area contributed by atoms with E-state index < -0.39 is 11.6 Å². The SMILES string of the molecule is NCCc1ccc(Sc2cc(F)ccc2F)c(Cl)c1. The molecule has 2 aromatic rings. The Labute approximate surface area is 119 Å². The molecule has 0 saturated heterocycles. The van der Waals surface area contributed by atoms with E-state index in [1.165, 1.54) is 0 Å². The average molecular weight is 300 g/mol. The molecule has 2 rings (SSSR count). The van der Waals surface area contributed by atoms with Crippen molar-refractivity contribution in [2.24, 2.45) is 5.73 Å². The zero-order valence-corrected chi connectivity index (χ0v) is 11.6. The molecule has 0 unspecified atom stereocenters. The average Bonchev–Trinajstić information content (AvgIpc) is 2.37. The highest BCUT2D eigenvalue weighted by molar-refractivity contribution is 7.99. The van der Waals surface area contributed by atoms with E-state index in [4.69, 9.17) is 17.3 Å². The Morgan fingerprint density at radius 2 is 1.84 bits per heavy atom. The van der Waals surface area contributed by atoms with E-state index in [-0.39, 0.29) is 4.90 Å². The highest BCUT2D eigenvalue weighted by Crippen LogP contribution is 2.35. The summed E-state index contributed by atoms with van der Waals surface area (Å²) in [5, 5.41) is 0.514. The van der Waals surface area contributed by atoms with E-state index in [1.807, 2.05) is 6.07 Å². The Bertz CT molecular complexity index is 590. The summed E-state index contributed by atoms with van der Waals surface area (Å²) in [6.07, 6.45) is 0.735. The van der Waals surface area contributed by atoms with Crippen molar-refractivity contribution in [1.82, 2.24) is 0 Å². The molecular formula is C14H12ClF2NS. The van der Waals surface area contributed by atoms with Crippen LogP contribution in [0, 0.1) is 11.6 Å². The van der Waals surface area contributed by atoms with Gasteiger partial charge < -0.3 is 5.73 Å². The fraction of sp³-hybridized carbons (Fsp3) is 0.143. The van der Waals surface area contributed by atoms with Crippen LogP contribution in [0.25, 0.3) is 0 Å². The van der Waals surface area contributed by atoms with Crippen molar-refractivity contribution in [3.8, 4) is 0 Å². The van der Waals surface area contributed by atoms with Crippen molar-refractivity contribution < 1.29 is 8.78 Å². The maximum absolute atomic E-state index is 13.5. The van der Waals surface area contributed by atoms with Crippen LogP contribution in [0.4, 0.5) is 8.78 Å². The lowest BCUT2D eigenvalue weighted by molar-refractivity contribution is 0.577. The number of hydrogen-bond donors (Lipinski definition) is 1. The lowest BCUT2D eigenvalue weighted by atomic mass is 10.1. The van der Waals surface area contributed by atoms with Gasteiger partial charge in [0.2, 0.25) is 0 Å². The minimum Gasteiger partial charge on any atom is -0.330 e. The van der Waals surface area contributed by atoms with Gasteiger partial charge in [-0.1, -0.05) is 29.4 Å². The molecule has 5 heteroatoms. The summed E-state index contributed by atoms with van der Waals surface area (Å²) >= 11 is 7.23. The number of rotatable bonds is 4. The van der Waals surface area contributed by atoms with E-state index in [0.717, 1.165) is 41.9 Å². The molecule has 0 aliphatic rings. The van der Waals surface area contributed by atoms with Gasteiger partial charge in [0.15, 0.2) is 0 Å². The van der Waals surface area contributed by atoms with Gasteiger partial charge in [0, 0.05) is 4.90 Å². The summed E-state index contributed by atoms with van der Waals surface area (Å²) < 4.78 is 26.6. The van der Waals surface area contributed by atoms with Crippen LogP contribution in [0.15, 0.2) is 46.2 Å². The topological polar surface area (TPSA) is 26.0 Å². The maximum atomic E-state index is 13.5. The molecule has 2 aromatic carbocycles. The summed E-state index contributed by atoms with van der Waals surface area (Å²) in [4.78, 5) is 0.903. The first-order chi connectivity index (χ1) is 9.10. The van der Waals surface area contributed by atoms with E-state index >= 15 is 0 Å². The monoisotopic (exact) mass is 299 g/mol. The zero-order chi connectivity index (χ0) is 13.8. The summed E-state index contributed by atoms with van der Waals surface area (Å²) in [6, 6.07) is 8.83. The second-order valence-corrected chi connectivity index (χ2v) is 5.47. The second-order valence-electron chi connectivity index (χ2n) is 3.98. The Morgan fingerprint density at radius 1 is 1.05 bits per heavy atom. The maximum Gasteiger partial charge on any atom is 0.137 e. The third-order valence-electron chi connectivity index (χ3n) is 2.54. The van der Waals surface area contributed by atoms with Crippen molar-refractivity contribution in [2.45, 2.75) is 16.2 Å². The van der Waals surface area contributed by atoms with Gasteiger partial charge in [-0.2, -0.15) is 0 Å². The van der Waals surface area contributed by atoms with Crippen LogP contribution >= 0.6 is 23.4 Å². The van der Waals surface area contributed by atoms with Gasteiger partial charge in [-0.25, -0.2) is 8.78 Å². The summed E-state index contributed by atoms with van der Waals surface area (Å²) in [5.74, 6) is -0.937. The van der Waals surface area contributed by atoms with Crippen LogP contribution in [-0.2, 0) is 6.42 Å². The predicted molar refractivity (Wildman–Crippen MR) is 74.7 cm³/mol. The molecule has 0 saturated carbocycles. The molecule has 0 aromatic heterocycles. The van der Waals surface area contributed by atoms with Gasteiger partial charge in [0.25, 0.3) is 0 Å². The molecule has 0 heterocycles. The first kappa shape index (κ1) is 14.3. The second kappa shape index (κ2) is 6.37. The number of halogens is 3. The minimum atomic E-state index is -0.472. The van der Waals surface area contributed by atoms with Gasteiger partial charge in [-0.3, -0.25) is 0 Å². The summed E-state index contributed by atoms with van der Waals surface area (Å²) in [5.41, 5.74) is 6.49. The van der Waals surface area contributed by atoms with Crippen molar-refractivity contribution in [3.63, 3.8) is 0 Å². The molecule has 0 aliphatic heterocycles. The quantitative estimate of drug-likeness (QED) is 0.912. The molecule has 0 aliphatic carbocycles. The minimum absolute atomic E-state index is 0.216. The van der Waals surface area contributed by atoms with Gasteiger partial charge in [0.1, 0.15) is 11.6 Å². The largest absolute Gasteiger partial charge is 0.330 e. The van der Waals surface area contributed by atoms with Crippen molar-refractivity contribution in [2.75, 3.05) is 6.54 Å². The van der Waals surface area contributed by atoms with Gasteiger partial charge in [-0.15, -0.1) is 0 Å². The Kier molecular flexibility index (Phi) is 4.80. The lowest BCUT2D eigenvalue weighted by Gasteiger charge is -2.07. The highest BCUT2D eigenvalue weighted by Gasteiger charge is 2.09. The van der Waals surface area contributed by atoms with Gasteiger partial charge in [-0.05, 0) is 48.9 Å². The Hall–Kier alpha value is -1.10. The van der Waals surface area contributed by atoms with Crippen LogP contribution in [0.1, 0.15) is 5.56 Å². The van der Waals surface area contributed by atoms with Gasteiger partial charge >= 0.3 is 0 Å². The molecule has 1 nitrogen and oxygen atoms in total. The van der Waals surface area contributed by atoms with Gasteiger partial charge in [0.05, 0.1) is 9.92 Å². The zero-order valence-electron chi connectivity index (χ0n) is 10.00. The molecular weight excluding hydrogens is 288 g/mol. The smallest absolute Gasteiger partial charge is 0.137 e. The standard InChI is InChI=1S/C14H12ClF2NS/c15-11-7-9(5-6-18)1-4-13(11)19-14-8-10(16)2-3-12(14)17/h1-4,7-8H,5-6,18H2. The van der Waals surface area contributed by atoms with Crippen LogP contribution < -0.4 is 5.73 Å². The number of nitrogens with two attached hydrogens (primary N) is 1. The van der Waals surface area contributed by atoms with Crippen molar-refractivity contribution in [3.05, 3.63) is 58.6 Å². The van der Waals surface area contributed by atoms with E-state index in [0.29, 0.717) is 16.5 Å².